The molecule has 0 spiro atoms. The van der Waals surface area contributed by atoms with Crippen molar-refractivity contribution in [2.24, 2.45) is 5.92 Å². The monoisotopic (exact) mass is 258 g/mol. The van der Waals surface area contributed by atoms with E-state index in [1.54, 1.807) is 0 Å². The van der Waals surface area contributed by atoms with E-state index in [0.717, 1.165) is 32.5 Å². The van der Waals surface area contributed by atoms with Gasteiger partial charge in [-0.15, -0.1) is 0 Å². The van der Waals surface area contributed by atoms with Crippen molar-refractivity contribution >= 4 is 12.0 Å². The molecular formula is C12H22N2O4. The molecule has 2 amide bonds. The molecule has 1 fully saturated rings. The Balaban J connectivity index is 2.24. The second-order valence-corrected chi connectivity index (χ2v) is 4.59. The number of ether oxygens (including phenoxy) is 1. The molecule has 0 aromatic carbocycles. The molecule has 0 aromatic heterocycles. The molecule has 18 heavy (non-hydrogen) atoms. The Morgan fingerprint density at radius 3 is 2.61 bits per heavy atom. The van der Waals surface area contributed by atoms with Gasteiger partial charge in [0, 0.05) is 19.8 Å². The smallest absolute Gasteiger partial charge is 0.326 e. The number of urea groups is 1. The van der Waals surface area contributed by atoms with E-state index in [1.165, 1.54) is 0 Å². The van der Waals surface area contributed by atoms with Crippen molar-refractivity contribution in [1.82, 2.24) is 10.6 Å². The molecular weight excluding hydrogens is 236 g/mol. The van der Waals surface area contributed by atoms with Gasteiger partial charge in [-0.05, 0) is 25.2 Å². The highest BCUT2D eigenvalue weighted by Gasteiger charge is 2.19. The van der Waals surface area contributed by atoms with Gasteiger partial charge in [-0.1, -0.05) is 13.3 Å². The van der Waals surface area contributed by atoms with Gasteiger partial charge in [-0.2, -0.15) is 0 Å². The number of carboxylic acid groups (broad SMARTS) is 1. The van der Waals surface area contributed by atoms with Gasteiger partial charge in [0.25, 0.3) is 0 Å². The summed E-state index contributed by atoms with van der Waals surface area (Å²) in [6, 6.07) is -1.20. The Hall–Kier alpha value is -1.30. The molecule has 0 bridgehead atoms. The van der Waals surface area contributed by atoms with Crippen molar-refractivity contribution in [2.75, 3.05) is 19.8 Å². The first-order valence-corrected chi connectivity index (χ1v) is 6.48. The SMILES string of the molecule is CCCC(NC(=O)NCC1CCOCC1)C(=O)O. The number of carboxylic acids is 1. The lowest BCUT2D eigenvalue weighted by Gasteiger charge is -2.22. The van der Waals surface area contributed by atoms with Gasteiger partial charge < -0.3 is 20.5 Å². The third-order valence-electron chi connectivity index (χ3n) is 3.07. The van der Waals surface area contributed by atoms with Crippen LogP contribution in [0.25, 0.3) is 0 Å². The van der Waals surface area contributed by atoms with Crippen LogP contribution in [0.2, 0.25) is 0 Å². The normalized spacial score (nSPS) is 18.1. The molecule has 1 aliphatic rings. The molecule has 0 aliphatic carbocycles. The Morgan fingerprint density at radius 1 is 1.39 bits per heavy atom. The molecule has 1 atom stereocenters. The van der Waals surface area contributed by atoms with Crippen molar-refractivity contribution in [2.45, 2.75) is 38.6 Å². The zero-order valence-corrected chi connectivity index (χ0v) is 10.8. The summed E-state index contributed by atoms with van der Waals surface area (Å²) < 4.78 is 5.23. The summed E-state index contributed by atoms with van der Waals surface area (Å²) in [7, 11) is 0. The summed E-state index contributed by atoms with van der Waals surface area (Å²) in [5, 5.41) is 14.1. The van der Waals surface area contributed by atoms with Crippen LogP contribution in [-0.4, -0.2) is 42.9 Å². The quantitative estimate of drug-likeness (QED) is 0.662. The van der Waals surface area contributed by atoms with Crippen molar-refractivity contribution in [3.05, 3.63) is 0 Å². The maximum absolute atomic E-state index is 11.6. The number of hydrogen-bond acceptors (Lipinski definition) is 3. The van der Waals surface area contributed by atoms with Gasteiger partial charge in [0.2, 0.25) is 0 Å². The zero-order chi connectivity index (χ0) is 13.4. The van der Waals surface area contributed by atoms with Crippen LogP contribution in [0.15, 0.2) is 0 Å². The van der Waals surface area contributed by atoms with E-state index < -0.39 is 18.0 Å². The number of nitrogens with one attached hydrogen (secondary N) is 2. The Morgan fingerprint density at radius 2 is 2.06 bits per heavy atom. The first-order valence-electron chi connectivity index (χ1n) is 6.48. The lowest BCUT2D eigenvalue weighted by molar-refractivity contribution is -0.139. The molecule has 1 heterocycles. The van der Waals surface area contributed by atoms with Gasteiger partial charge in [-0.3, -0.25) is 0 Å². The van der Waals surface area contributed by atoms with Gasteiger partial charge in [0.05, 0.1) is 0 Å². The topological polar surface area (TPSA) is 87.7 Å². The number of hydrogen-bond donors (Lipinski definition) is 3. The summed E-state index contributed by atoms with van der Waals surface area (Å²) in [6.45, 7) is 3.94. The largest absolute Gasteiger partial charge is 0.480 e. The molecule has 1 unspecified atom stereocenters. The Kier molecular flexibility index (Phi) is 6.49. The Labute approximate surface area is 107 Å². The molecule has 1 saturated heterocycles. The summed E-state index contributed by atoms with van der Waals surface area (Å²) in [6.07, 6.45) is 3.05. The van der Waals surface area contributed by atoms with Crippen molar-refractivity contribution in [1.29, 1.82) is 0 Å². The first kappa shape index (κ1) is 14.8. The minimum absolute atomic E-state index is 0.401. The molecule has 1 rings (SSSR count). The predicted octanol–water partition coefficient (Wildman–Crippen LogP) is 0.965. The summed E-state index contributed by atoms with van der Waals surface area (Å²) in [4.78, 5) is 22.4. The molecule has 104 valence electrons. The fourth-order valence-electron chi connectivity index (χ4n) is 1.94. The molecule has 6 nitrogen and oxygen atoms in total. The van der Waals surface area contributed by atoms with Crippen LogP contribution in [0.4, 0.5) is 4.79 Å². The minimum Gasteiger partial charge on any atom is -0.480 e. The average molecular weight is 258 g/mol. The molecule has 3 N–H and O–H groups in total. The maximum atomic E-state index is 11.6. The van der Waals surface area contributed by atoms with E-state index in [1.807, 2.05) is 6.92 Å². The van der Waals surface area contributed by atoms with Gasteiger partial charge in [0.15, 0.2) is 0 Å². The minimum atomic E-state index is -0.988. The lowest BCUT2D eigenvalue weighted by Crippen LogP contribution is -2.47. The molecule has 6 heteroatoms. The highest BCUT2D eigenvalue weighted by Crippen LogP contribution is 2.12. The van der Waals surface area contributed by atoms with Crippen LogP contribution in [0.3, 0.4) is 0 Å². The zero-order valence-electron chi connectivity index (χ0n) is 10.8. The number of rotatable bonds is 6. The van der Waals surface area contributed by atoms with E-state index in [-0.39, 0.29) is 0 Å². The molecule has 1 aliphatic heterocycles. The van der Waals surface area contributed by atoms with Gasteiger partial charge >= 0.3 is 12.0 Å². The van der Waals surface area contributed by atoms with E-state index in [2.05, 4.69) is 10.6 Å². The fraction of sp³-hybridized carbons (Fsp3) is 0.833. The lowest BCUT2D eigenvalue weighted by atomic mass is 10.0. The van der Waals surface area contributed by atoms with Crippen LogP contribution >= 0.6 is 0 Å². The number of aliphatic carboxylic acids is 1. The highest BCUT2D eigenvalue weighted by atomic mass is 16.5. The van der Waals surface area contributed by atoms with E-state index in [4.69, 9.17) is 9.84 Å². The highest BCUT2D eigenvalue weighted by molar-refractivity contribution is 5.82. The number of carbonyl (C=O) groups is 2. The van der Waals surface area contributed by atoms with Gasteiger partial charge in [-0.25, -0.2) is 9.59 Å². The van der Waals surface area contributed by atoms with Crippen molar-refractivity contribution in [3.63, 3.8) is 0 Å². The Bertz CT molecular complexity index is 277. The summed E-state index contributed by atoms with van der Waals surface area (Å²) in [5.41, 5.74) is 0. The summed E-state index contributed by atoms with van der Waals surface area (Å²) in [5.74, 6) is -0.558. The third-order valence-corrected chi connectivity index (χ3v) is 3.07. The number of amides is 2. The maximum Gasteiger partial charge on any atom is 0.326 e. The second kappa shape index (κ2) is 7.92. The van der Waals surface area contributed by atoms with E-state index >= 15 is 0 Å². The van der Waals surface area contributed by atoms with Crippen LogP contribution in [-0.2, 0) is 9.53 Å². The van der Waals surface area contributed by atoms with E-state index in [0.29, 0.717) is 18.9 Å². The second-order valence-electron chi connectivity index (χ2n) is 4.59. The molecule has 0 aromatic rings. The van der Waals surface area contributed by atoms with Gasteiger partial charge in [0.1, 0.15) is 6.04 Å². The average Bonchev–Trinajstić information content (AvgIpc) is 2.37. The molecule has 0 radical (unpaired) electrons. The fourth-order valence-corrected chi connectivity index (χ4v) is 1.94. The van der Waals surface area contributed by atoms with Crippen LogP contribution < -0.4 is 10.6 Å². The molecule has 0 saturated carbocycles. The number of carbonyl (C=O) groups excluding carboxylic acids is 1. The summed E-state index contributed by atoms with van der Waals surface area (Å²) >= 11 is 0. The van der Waals surface area contributed by atoms with Crippen molar-refractivity contribution < 1.29 is 19.4 Å². The third kappa shape index (κ3) is 5.35. The first-order chi connectivity index (χ1) is 8.63. The van der Waals surface area contributed by atoms with Crippen LogP contribution in [0.1, 0.15) is 32.6 Å². The predicted molar refractivity (Wildman–Crippen MR) is 66.4 cm³/mol. The van der Waals surface area contributed by atoms with E-state index in [9.17, 15) is 9.59 Å². The van der Waals surface area contributed by atoms with Crippen LogP contribution in [0.5, 0.6) is 0 Å². The standard InChI is InChI=1S/C12H22N2O4/c1-2-3-10(11(15)16)14-12(17)13-8-9-4-6-18-7-5-9/h9-10H,2-8H2,1H3,(H,15,16)(H2,13,14,17). The van der Waals surface area contributed by atoms with Crippen molar-refractivity contribution in [3.8, 4) is 0 Å². The van der Waals surface area contributed by atoms with Crippen LogP contribution in [0, 0.1) is 5.92 Å².